The lowest BCUT2D eigenvalue weighted by Gasteiger charge is -2.35. The molecule has 1 fully saturated rings. The van der Waals surface area contributed by atoms with Crippen molar-refractivity contribution in [1.82, 2.24) is 14.9 Å². The predicted octanol–water partition coefficient (Wildman–Crippen LogP) is 0.556. The number of nitro groups is 1. The maximum Gasteiger partial charge on any atom is 0.293 e. The van der Waals surface area contributed by atoms with Crippen molar-refractivity contribution >= 4 is 27.3 Å². The lowest BCUT2D eigenvalue weighted by atomic mass is 10.2. The van der Waals surface area contributed by atoms with Crippen molar-refractivity contribution in [1.29, 1.82) is 0 Å². The lowest BCUT2D eigenvalue weighted by Crippen LogP contribution is -2.49. The summed E-state index contributed by atoms with van der Waals surface area (Å²) in [5.74, 6) is -0.0669. The second-order valence-corrected chi connectivity index (χ2v) is 9.36. The first-order valence-corrected chi connectivity index (χ1v) is 11.7. The highest BCUT2D eigenvalue weighted by Crippen LogP contribution is 2.31. The Kier molecular flexibility index (Phi) is 9.16. The van der Waals surface area contributed by atoms with Crippen LogP contribution >= 0.6 is 0 Å². The number of nitro benzene ring substituents is 1. The molecular formula is C19H31N5O6S. The van der Waals surface area contributed by atoms with E-state index in [0.717, 1.165) is 12.5 Å². The van der Waals surface area contributed by atoms with E-state index in [1.165, 1.54) is 12.1 Å². The van der Waals surface area contributed by atoms with Crippen molar-refractivity contribution in [2.24, 2.45) is 0 Å². The van der Waals surface area contributed by atoms with E-state index in [0.29, 0.717) is 45.0 Å². The van der Waals surface area contributed by atoms with Gasteiger partial charge >= 0.3 is 0 Å². The zero-order valence-corrected chi connectivity index (χ0v) is 19.0. The minimum absolute atomic E-state index is 0.0669. The molecule has 0 aromatic heterocycles. The fraction of sp³-hybridized carbons (Fsp3) is 0.632. The zero-order chi connectivity index (χ0) is 23.0. The van der Waals surface area contributed by atoms with E-state index >= 15 is 0 Å². The average Bonchev–Trinajstić information content (AvgIpc) is 2.70. The van der Waals surface area contributed by atoms with Gasteiger partial charge in [-0.1, -0.05) is 0 Å². The first-order chi connectivity index (χ1) is 14.6. The number of hydrogen-bond donors (Lipinski definition) is 2. The number of carbonyl (C=O) groups excluding carboxylic acids is 1. The zero-order valence-electron chi connectivity index (χ0n) is 18.2. The van der Waals surface area contributed by atoms with Crippen LogP contribution in [0.5, 0.6) is 0 Å². The highest BCUT2D eigenvalue weighted by atomic mass is 32.2. The van der Waals surface area contributed by atoms with Crippen LogP contribution in [0.1, 0.15) is 20.3 Å². The number of hydrogen-bond acceptors (Lipinski definition) is 8. The normalized spacial score (nSPS) is 15.3. The van der Waals surface area contributed by atoms with Gasteiger partial charge in [-0.15, -0.1) is 0 Å². The second kappa shape index (κ2) is 11.4. The van der Waals surface area contributed by atoms with E-state index in [2.05, 4.69) is 10.0 Å². The fourth-order valence-corrected chi connectivity index (χ4v) is 4.58. The van der Waals surface area contributed by atoms with E-state index in [4.69, 9.17) is 4.74 Å². The van der Waals surface area contributed by atoms with Crippen LogP contribution in [0.25, 0.3) is 0 Å². The molecule has 1 aliphatic rings. The quantitative estimate of drug-likeness (QED) is 0.280. The van der Waals surface area contributed by atoms with Crippen molar-refractivity contribution < 1.29 is 22.9 Å². The molecule has 174 valence electrons. The molecule has 0 radical (unpaired) electrons. The van der Waals surface area contributed by atoms with Crippen molar-refractivity contribution in [3.63, 3.8) is 0 Å². The highest BCUT2D eigenvalue weighted by molar-refractivity contribution is 7.89. The SMILES string of the molecule is COCCCNC(=O)CN1CCN(c2ccc(S(=O)(=O)NC(C)C)cc2[N+](=O)[O-])CC1. The first-order valence-electron chi connectivity index (χ1n) is 10.2. The summed E-state index contributed by atoms with van der Waals surface area (Å²) in [5, 5.41) is 14.5. The van der Waals surface area contributed by atoms with Gasteiger partial charge in [-0.2, -0.15) is 0 Å². The molecule has 1 saturated heterocycles. The summed E-state index contributed by atoms with van der Waals surface area (Å²) in [6, 6.07) is 3.63. The Morgan fingerprint density at radius 3 is 2.52 bits per heavy atom. The number of amides is 1. The molecule has 1 amide bonds. The van der Waals surface area contributed by atoms with Gasteiger partial charge in [0.15, 0.2) is 0 Å². The average molecular weight is 458 g/mol. The van der Waals surface area contributed by atoms with Crippen LogP contribution < -0.4 is 14.9 Å². The van der Waals surface area contributed by atoms with E-state index < -0.39 is 14.9 Å². The predicted molar refractivity (Wildman–Crippen MR) is 117 cm³/mol. The summed E-state index contributed by atoms with van der Waals surface area (Å²) in [5.41, 5.74) is 0.119. The molecule has 1 aromatic carbocycles. The molecular weight excluding hydrogens is 426 g/mol. The van der Waals surface area contributed by atoms with Gasteiger partial charge in [0.2, 0.25) is 15.9 Å². The Hall–Kier alpha value is -2.28. The fourth-order valence-electron chi connectivity index (χ4n) is 3.31. The molecule has 1 aromatic rings. The summed E-state index contributed by atoms with van der Waals surface area (Å²) in [4.78, 5) is 26.8. The second-order valence-electron chi connectivity index (χ2n) is 7.64. The number of rotatable bonds is 11. The molecule has 2 N–H and O–H groups in total. The summed E-state index contributed by atoms with van der Waals surface area (Å²) in [6.45, 7) is 6.89. The minimum atomic E-state index is -3.83. The third-order valence-corrected chi connectivity index (χ3v) is 6.43. The van der Waals surface area contributed by atoms with Crippen molar-refractivity contribution in [2.45, 2.75) is 31.2 Å². The summed E-state index contributed by atoms with van der Waals surface area (Å²) < 4.78 is 32.1. The van der Waals surface area contributed by atoms with E-state index in [9.17, 15) is 23.3 Å². The third-order valence-electron chi connectivity index (χ3n) is 4.77. The molecule has 0 saturated carbocycles. The summed E-state index contributed by atoms with van der Waals surface area (Å²) >= 11 is 0. The standard InChI is InChI=1S/C19H31N5O6S/c1-15(2)21-31(28,29)16-5-6-17(18(13-16)24(26)27)23-10-8-22(9-11-23)14-19(25)20-7-4-12-30-3/h5-6,13,15,21H,4,7-12,14H2,1-3H3,(H,20,25). The monoisotopic (exact) mass is 457 g/mol. The van der Waals surface area contributed by atoms with E-state index in [1.807, 2.05) is 9.80 Å². The smallest absolute Gasteiger partial charge is 0.293 e. The minimum Gasteiger partial charge on any atom is -0.385 e. The van der Waals surface area contributed by atoms with Gasteiger partial charge in [0.25, 0.3) is 5.69 Å². The molecule has 2 rings (SSSR count). The van der Waals surface area contributed by atoms with Crippen molar-refractivity contribution in [3.05, 3.63) is 28.3 Å². The van der Waals surface area contributed by atoms with Crippen LogP contribution in [0.3, 0.4) is 0 Å². The van der Waals surface area contributed by atoms with Crippen LogP contribution in [-0.4, -0.2) is 83.2 Å². The van der Waals surface area contributed by atoms with Crippen molar-refractivity contribution in [2.75, 3.05) is 57.9 Å². The van der Waals surface area contributed by atoms with Gasteiger partial charge in [0.05, 0.1) is 16.4 Å². The van der Waals surface area contributed by atoms with E-state index in [1.54, 1.807) is 21.0 Å². The maximum atomic E-state index is 12.4. The number of benzene rings is 1. The number of sulfonamides is 1. The molecule has 0 bridgehead atoms. The molecule has 1 aliphatic heterocycles. The molecule has 11 nitrogen and oxygen atoms in total. The number of nitrogens with zero attached hydrogens (tertiary/aromatic N) is 3. The first kappa shape index (κ1) is 25.0. The molecule has 0 spiro atoms. The molecule has 0 aliphatic carbocycles. The summed E-state index contributed by atoms with van der Waals surface area (Å²) in [7, 11) is -2.22. The number of anilines is 1. The largest absolute Gasteiger partial charge is 0.385 e. The Bertz CT molecular complexity index is 869. The van der Waals surface area contributed by atoms with Crippen molar-refractivity contribution in [3.8, 4) is 0 Å². The third kappa shape index (κ3) is 7.42. The van der Waals surface area contributed by atoms with Gasteiger partial charge in [-0.25, -0.2) is 13.1 Å². The van der Waals surface area contributed by atoms with Crippen LogP contribution in [0.4, 0.5) is 11.4 Å². The molecule has 1 heterocycles. The van der Waals surface area contributed by atoms with Crippen LogP contribution in [-0.2, 0) is 19.6 Å². The van der Waals surface area contributed by atoms with Gasteiger partial charge in [-0.05, 0) is 32.4 Å². The Labute approximate surface area is 182 Å². The lowest BCUT2D eigenvalue weighted by molar-refractivity contribution is -0.384. The highest BCUT2D eigenvalue weighted by Gasteiger charge is 2.27. The number of nitrogens with one attached hydrogen (secondary N) is 2. The van der Waals surface area contributed by atoms with Gasteiger partial charge in [-0.3, -0.25) is 19.8 Å². The Morgan fingerprint density at radius 2 is 1.94 bits per heavy atom. The number of carbonyl (C=O) groups is 1. The van der Waals surface area contributed by atoms with E-state index in [-0.39, 0.29) is 29.1 Å². The van der Waals surface area contributed by atoms with Crippen LogP contribution in [0.2, 0.25) is 0 Å². The molecule has 12 heteroatoms. The van der Waals surface area contributed by atoms with Gasteiger partial charge in [0, 0.05) is 58.5 Å². The van der Waals surface area contributed by atoms with Gasteiger partial charge in [0.1, 0.15) is 5.69 Å². The molecule has 31 heavy (non-hydrogen) atoms. The van der Waals surface area contributed by atoms with Crippen LogP contribution in [0.15, 0.2) is 23.1 Å². The molecule has 0 atom stereocenters. The van der Waals surface area contributed by atoms with Crippen LogP contribution in [0, 0.1) is 10.1 Å². The number of piperazine rings is 1. The Balaban J connectivity index is 2.01. The maximum absolute atomic E-state index is 12.4. The van der Waals surface area contributed by atoms with Gasteiger partial charge < -0.3 is 15.0 Å². The topological polar surface area (TPSA) is 134 Å². The summed E-state index contributed by atoms with van der Waals surface area (Å²) in [6.07, 6.45) is 0.748. The number of methoxy groups -OCH3 is 1. The molecule has 0 unspecified atom stereocenters. The Morgan fingerprint density at radius 1 is 1.26 bits per heavy atom. The number of ether oxygens (including phenoxy) is 1.